The van der Waals surface area contributed by atoms with Crippen LogP contribution in [0.25, 0.3) is 0 Å². The normalized spacial score (nSPS) is 22.1. The molecular weight excluding hydrogens is 196 g/mol. The summed E-state index contributed by atoms with van der Waals surface area (Å²) < 4.78 is 0.808. The number of aryl methyl sites for hydroxylation is 1. The molecule has 2 rings (SSSR count). The van der Waals surface area contributed by atoms with E-state index in [2.05, 4.69) is 43.0 Å². The van der Waals surface area contributed by atoms with E-state index in [4.69, 9.17) is 0 Å². The van der Waals surface area contributed by atoms with Crippen LogP contribution in [-0.2, 0) is 0 Å². The lowest BCUT2D eigenvalue weighted by Gasteiger charge is -2.07. The van der Waals surface area contributed by atoms with Gasteiger partial charge in [0.05, 0.1) is 4.58 Å². The molecule has 1 saturated heterocycles. The van der Waals surface area contributed by atoms with Crippen molar-refractivity contribution in [3.8, 4) is 0 Å². The van der Waals surface area contributed by atoms with Gasteiger partial charge in [-0.15, -0.1) is 23.5 Å². The summed E-state index contributed by atoms with van der Waals surface area (Å²) in [5, 5.41) is 0. The summed E-state index contributed by atoms with van der Waals surface area (Å²) in [7, 11) is 0. The molecule has 1 atom stereocenters. The molecule has 1 aliphatic rings. The van der Waals surface area contributed by atoms with Crippen LogP contribution in [0.2, 0.25) is 0 Å². The Hall–Kier alpha value is -0.0800. The first-order valence-electron chi connectivity index (χ1n) is 4.69. The predicted octanol–water partition coefficient (Wildman–Crippen LogP) is 3.94. The summed E-state index contributed by atoms with van der Waals surface area (Å²) in [5.41, 5.74) is 1.35. The lowest BCUT2D eigenvalue weighted by atomic mass is 10.2. The van der Waals surface area contributed by atoms with Crippen LogP contribution in [0.4, 0.5) is 0 Å². The minimum Gasteiger partial charge on any atom is -0.147 e. The quantitative estimate of drug-likeness (QED) is 0.725. The molecule has 0 N–H and O–H groups in total. The molecule has 0 saturated carbocycles. The molecule has 1 aromatic carbocycles. The SMILES string of the molecule is Cc1ccc(SC2CCCS2)cc1. The molecule has 0 nitrogen and oxygen atoms in total. The van der Waals surface area contributed by atoms with Gasteiger partial charge in [0.15, 0.2) is 0 Å². The Morgan fingerprint density at radius 1 is 1.31 bits per heavy atom. The van der Waals surface area contributed by atoms with Gasteiger partial charge in [-0.1, -0.05) is 17.7 Å². The number of rotatable bonds is 2. The highest BCUT2D eigenvalue weighted by Crippen LogP contribution is 2.38. The van der Waals surface area contributed by atoms with E-state index in [1.54, 1.807) is 0 Å². The topological polar surface area (TPSA) is 0 Å². The second-order valence-electron chi connectivity index (χ2n) is 3.37. The summed E-state index contributed by atoms with van der Waals surface area (Å²) in [4.78, 5) is 1.42. The molecule has 1 fully saturated rings. The first kappa shape index (κ1) is 9.47. The highest BCUT2D eigenvalue weighted by atomic mass is 32.2. The summed E-state index contributed by atoms with van der Waals surface area (Å²) in [5.74, 6) is 1.35. The lowest BCUT2D eigenvalue weighted by Crippen LogP contribution is -1.87. The Morgan fingerprint density at radius 2 is 2.08 bits per heavy atom. The van der Waals surface area contributed by atoms with Gasteiger partial charge in [-0.25, -0.2) is 0 Å². The highest BCUT2D eigenvalue weighted by Gasteiger charge is 2.16. The van der Waals surface area contributed by atoms with E-state index < -0.39 is 0 Å². The molecule has 0 aliphatic carbocycles. The van der Waals surface area contributed by atoms with E-state index in [1.165, 1.54) is 29.1 Å². The molecule has 0 radical (unpaired) electrons. The fourth-order valence-corrected chi connectivity index (χ4v) is 4.11. The third-order valence-electron chi connectivity index (χ3n) is 2.18. The van der Waals surface area contributed by atoms with Crippen molar-refractivity contribution < 1.29 is 0 Å². The average molecular weight is 210 g/mol. The summed E-state index contributed by atoms with van der Waals surface area (Å²) in [6.45, 7) is 2.14. The third-order valence-corrected chi connectivity index (χ3v) is 5.05. The Morgan fingerprint density at radius 3 is 2.69 bits per heavy atom. The maximum atomic E-state index is 2.24. The fourth-order valence-electron chi connectivity index (χ4n) is 1.41. The van der Waals surface area contributed by atoms with E-state index in [9.17, 15) is 0 Å². The second-order valence-corrected chi connectivity index (χ2v) is 6.26. The number of hydrogen-bond donors (Lipinski definition) is 0. The molecular formula is C11H14S2. The molecule has 1 aliphatic heterocycles. The second kappa shape index (κ2) is 4.43. The smallest absolute Gasteiger partial charge is 0.0549 e. The number of hydrogen-bond acceptors (Lipinski definition) is 2. The van der Waals surface area contributed by atoms with Crippen LogP contribution >= 0.6 is 23.5 Å². The summed E-state index contributed by atoms with van der Waals surface area (Å²) in [6, 6.07) is 8.86. The van der Waals surface area contributed by atoms with E-state index in [0.29, 0.717) is 0 Å². The summed E-state index contributed by atoms with van der Waals surface area (Å²) in [6.07, 6.45) is 2.78. The minimum atomic E-state index is 0.808. The molecule has 70 valence electrons. The Labute approximate surface area is 88.5 Å². The van der Waals surface area contributed by atoms with Crippen LogP contribution in [0.1, 0.15) is 18.4 Å². The molecule has 0 amide bonds. The van der Waals surface area contributed by atoms with Crippen molar-refractivity contribution in [2.75, 3.05) is 5.75 Å². The van der Waals surface area contributed by atoms with Crippen molar-refractivity contribution >= 4 is 23.5 Å². The van der Waals surface area contributed by atoms with Crippen molar-refractivity contribution in [3.05, 3.63) is 29.8 Å². The van der Waals surface area contributed by atoms with Gasteiger partial charge in [-0.2, -0.15) is 0 Å². The molecule has 13 heavy (non-hydrogen) atoms. The van der Waals surface area contributed by atoms with Gasteiger partial charge in [0.1, 0.15) is 0 Å². The van der Waals surface area contributed by atoms with Crippen LogP contribution < -0.4 is 0 Å². The maximum absolute atomic E-state index is 2.24. The van der Waals surface area contributed by atoms with Gasteiger partial charge < -0.3 is 0 Å². The molecule has 2 heteroatoms. The maximum Gasteiger partial charge on any atom is 0.0549 e. The molecule has 1 heterocycles. The summed E-state index contributed by atoms with van der Waals surface area (Å²) >= 11 is 4.13. The van der Waals surface area contributed by atoms with Crippen molar-refractivity contribution in [2.24, 2.45) is 0 Å². The van der Waals surface area contributed by atoms with Crippen molar-refractivity contribution in [1.82, 2.24) is 0 Å². The van der Waals surface area contributed by atoms with Gasteiger partial charge in [-0.3, -0.25) is 0 Å². The Balaban J connectivity index is 1.97. The predicted molar refractivity (Wildman–Crippen MR) is 62.5 cm³/mol. The number of thioether (sulfide) groups is 2. The molecule has 0 aromatic heterocycles. The van der Waals surface area contributed by atoms with E-state index in [1.807, 2.05) is 11.8 Å². The van der Waals surface area contributed by atoms with Gasteiger partial charge in [0.2, 0.25) is 0 Å². The average Bonchev–Trinajstić information content (AvgIpc) is 2.62. The van der Waals surface area contributed by atoms with E-state index >= 15 is 0 Å². The van der Waals surface area contributed by atoms with Crippen LogP contribution in [0, 0.1) is 6.92 Å². The zero-order valence-electron chi connectivity index (χ0n) is 7.82. The first-order chi connectivity index (χ1) is 6.34. The number of benzene rings is 1. The largest absolute Gasteiger partial charge is 0.147 e. The molecule has 0 bridgehead atoms. The van der Waals surface area contributed by atoms with Crippen LogP contribution in [0.5, 0.6) is 0 Å². The van der Waals surface area contributed by atoms with Crippen LogP contribution in [-0.4, -0.2) is 10.3 Å². The van der Waals surface area contributed by atoms with Crippen molar-refractivity contribution in [1.29, 1.82) is 0 Å². The van der Waals surface area contributed by atoms with Crippen LogP contribution in [0.15, 0.2) is 29.2 Å². The lowest BCUT2D eigenvalue weighted by molar-refractivity contribution is 0.923. The monoisotopic (exact) mass is 210 g/mol. The Bertz CT molecular complexity index is 260. The van der Waals surface area contributed by atoms with E-state index in [0.717, 1.165) is 4.58 Å². The van der Waals surface area contributed by atoms with Gasteiger partial charge in [0.25, 0.3) is 0 Å². The molecule has 1 unspecified atom stereocenters. The van der Waals surface area contributed by atoms with Crippen LogP contribution in [0.3, 0.4) is 0 Å². The highest BCUT2D eigenvalue weighted by molar-refractivity contribution is 8.17. The molecule has 1 aromatic rings. The van der Waals surface area contributed by atoms with E-state index in [-0.39, 0.29) is 0 Å². The fraction of sp³-hybridized carbons (Fsp3) is 0.455. The van der Waals surface area contributed by atoms with Crippen molar-refractivity contribution in [3.63, 3.8) is 0 Å². The van der Waals surface area contributed by atoms with Crippen molar-refractivity contribution in [2.45, 2.75) is 29.2 Å². The van der Waals surface area contributed by atoms with Gasteiger partial charge in [-0.05, 0) is 37.7 Å². The zero-order chi connectivity index (χ0) is 9.10. The standard InChI is InChI=1S/C11H14S2/c1-9-4-6-10(7-5-9)13-11-3-2-8-12-11/h4-7,11H,2-3,8H2,1H3. The van der Waals surface area contributed by atoms with Gasteiger partial charge in [0, 0.05) is 4.90 Å². The first-order valence-corrected chi connectivity index (χ1v) is 6.62. The zero-order valence-corrected chi connectivity index (χ0v) is 9.46. The third kappa shape index (κ3) is 2.68. The van der Waals surface area contributed by atoms with Gasteiger partial charge >= 0.3 is 0 Å². The Kier molecular flexibility index (Phi) is 3.23. The minimum absolute atomic E-state index is 0.808. The molecule has 0 spiro atoms.